The van der Waals surface area contributed by atoms with E-state index in [1.54, 1.807) is 23.4 Å². The van der Waals surface area contributed by atoms with Crippen molar-refractivity contribution >= 4 is 27.6 Å². The Morgan fingerprint density at radius 1 is 1.15 bits per heavy atom. The maximum absolute atomic E-state index is 13.0. The molecule has 1 aromatic heterocycles. The summed E-state index contributed by atoms with van der Waals surface area (Å²) in [6.45, 7) is 0.448. The molecule has 1 aliphatic heterocycles. The third-order valence-electron chi connectivity index (χ3n) is 3.18. The molecular formula is C13H9BrF3N3. The Balaban J connectivity index is 2.05. The zero-order chi connectivity index (χ0) is 14.3. The van der Waals surface area contributed by atoms with Gasteiger partial charge in [0, 0.05) is 24.6 Å². The van der Waals surface area contributed by atoms with E-state index < -0.39 is 11.7 Å². The van der Waals surface area contributed by atoms with E-state index in [2.05, 4.69) is 25.9 Å². The highest BCUT2D eigenvalue weighted by Gasteiger charge is 2.37. The lowest BCUT2D eigenvalue weighted by Crippen LogP contribution is -2.16. The lowest BCUT2D eigenvalue weighted by Gasteiger charge is -2.18. The van der Waals surface area contributed by atoms with Crippen LogP contribution in [0.1, 0.15) is 11.1 Å². The number of nitrogens with zero attached hydrogens (tertiary/aromatic N) is 3. The van der Waals surface area contributed by atoms with Gasteiger partial charge in [-0.05, 0) is 40.0 Å². The number of benzene rings is 1. The molecule has 0 spiro atoms. The minimum atomic E-state index is -4.33. The summed E-state index contributed by atoms with van der Waals surface area (Å²) in [5, 5.41) is 0. The van der Waals surface area contributed by atoms with Crippen LogP contribution in [0.4, 0.5) is 24.8 Å². The Kier molecular flexibility index (Phi) is 3.16. The predicted octanol–water partition coefficient (Wildman–Crippen LogP) is 3.95. The Hall–Kier alpha value is -1.63. The number of alkyl halides is 3. The summed E-state index contributed by atoms with van der Waals surface area (Å²) in [6, 6.07) is 4.20. The first-order valence-corrected chi connectivity index (χ1v) is 6.70. The van der Waals surface area contributed by atoms with Gasteiger partial charge in [0.15, 0.2) is 0 Å². The fourth-order valence-electron chi connectivity index (χ4n) is 2.35. The van der Waals surface area contributed by atoms with Crippen molar-refractivity contribution in [2.45, 2.75) is 12.6 Å². The minimum absolute atomic E-state index is 0.312. The second-order valence-electron chi connectivity index (χ2n) is 4.40. The lowest BCUT2D eigenvalue weighted by molar-refractivity contribution is -0.138. The number of halogens is 4. The molecule has 0 unspecified atom stereocenters. The van der Waals surface area contributed by atoms with Crippen LogP contribution in [0.5, 0.6) is 0 Å². The van der Waals surface area contributed by atoms with Crippen LogP contribution >= 0.6 is 15.9 Å². The zero-order valence-electron chi connectivity index (χ0n) is 10.2. The third kappa shape index (κ3) is 2.26. The standard InChI is InChI=1S/C13H9BrF3N3/c14-8-6-18-12(19-7-8)20-5-4-9-10(13(15,16)17)2-1-3-11(9)20/h1-3,6-7H,4-5H2. The predicted molar refractivity (Wildman–Crippen MR) is 71.9 cm³/mol. The van der Waals surface area contributed by atoms with Crippen molar-refractivity contribution in [2.75, 3.05) is 11.4 Å². The topological polar surface area (TPSA) is 29.0 Å². The summed E-state index contributed by atoms with van der Waals surface area (Å²) in [5.41, 5.74) is 0.267. The molecular weight excluding hydrogens is 335 g/mol. The van der Waals surface area contributed by atoms with Crippen LogP contribution in [-0.4, -0.2) is 16.5 Å². The molecule has 0 saturated heterocycles. The van der Waals surface area contributed by atoms with Gasteiger partial charge in [0.1, 0.15) is 0 Å². The van der Waals surface area contributed by atoms with Crippen LogP contribution in [0, 0.1) is 0 Å². The summed E-state index contributed by atoms with van der Waals surface area (Å²) < 4.78 is 39.6. The fraction of sp³-hybridized carbons (Fsp3) is 0.231. The first kappa shape index (κ1) is 13.4. The second kappa shape index (κ2) is 4.73. The minimum Gasteiger partial charge on any atom is -0.310 e. The van der Waals surface area contributed by atoms with Gasteiger partial charge in [-0.15, -0.1) is 0 Å². The molecule has 104 valence electrons. The fourth-order valence-corrected chi connectivity index (χ4v) is 2.56. The molecule has 1 aromatic carbocycles. The molecule has 0 fully saturated rings. The van der Waals surface area contributed by atoms with Crippen LogP contribution in [-0.2, 0) is 12.6 Å². The van der Waals surface area contributed by atoms with Gasteiger partial charge in [0.05, 0.1) is 10.0 Å². The van der Waals surface area contributed by atoms with Crippen molar-refractivity contribution in [1.29, 1.82) is 0 Å². The van der Waals surface area contributed by atoms with Gasteiger partial charge in [0.2, 0.25) is 5.95 Å². The lowest BCUT2D eigenvalue weighted by atomic mass is 10.0. The molecule has 0 saturated carbocycles. The number of hydrogen-bond donors (Lipinski definition) is 0. The van der Waals surface area contributed by atoms with Gasteiger partial charge in [0.25, 0.3) is 0 Å². The first-order chi connectivity index (χ1) is 9.47. The maximum atomic E-state index is 13.0. The highest BCUT2D eigenvalue weighted by atomic mass is 79.9. The van der Waals surface area contributed by atoms with Gasteiger partial charge < -0.3 is 4.90 Å². The number of rotatable bonds is 1. The van der Waals surface area contributed by atoms with Crippen LogP contribution in [0.2, 0.25) is 0 Å². The van der Waals surface area contributed by atoms with E-state index in [0.717, 1.165) is 10.5 Å². The molecule has 0 atom stereocenters. The van der Waals surface area contributed by atoms with E-state index in [1.807, 2.05) is 0 Å². The number of fused-ring (bicyclic) bond motifs is 1. The van der Waals surface area contributed by atoms with Crippen LogP contribution in [0.15, 0.2) is 35.1 Å². The van der Waals surface area contributed by atoms with Crippen LogP contribution in [0.3, 0.4) is 0 Å². The van der Waals surface area contributed by atoms with Crippen molar-refractivity contribution < 1.29 is 13.2 Å². The van der Waals surface area contributed by atoms with Crippen molar-refractivity contribution in [3.8, 4) is 0 Å². The molecule has 1 aliphatic rings. The van der Waals surface area contributed by atoms with E-state index in [9.17, 15) is 13.2 Å². The van der Waals surface area contributed by atoms with Crippen LogP contribution in [0.25, 0.3) is 0 Å². The van der Waals surface area contributed by atoms with E-state index in [-0.39, 0.29) is 0 Å². The molecule has 2 heterocycles. The summed E-state index contributed by atoms with van der Waals surface area (Å²) >= 11 is 3.23. The number of hydrogen-bond acceptors (Lipinski definition) is 3. The summed E-state index contributed by atoms with van der Waals surface area (Å²) in [6.07, 6.45) is -0.839. The molecule has 0 radical (unpaired) electrons. The van der Waals surface area contributed by atoms with Crippen molar-refractivity contribution in [2.24, 2.45) is 0 Å². The quantitative estimate of drug-likeness (QED) is 0.784. The monoisotopic (exact) mass is 343 g/mol. The molecule has 7 heteroatoms. The van der Waals surface area contributed by atoms with Crippen LogP contribution < -0.4 is 4.90 Å². The first-order valence-electron chi connectivity index (χ1n) is 5.91. The van der Waals surface area contributed by atoms with Gasteiger partial charge in [-0.2, -0.15) is 13.2 Å². The van der Waals surface area contributed by atoms with Crippen molar-refractivity contribution in [3.63, 3.8) is 0 Å². The average Bonchev–Trinajstić information content (AvgIpc) is 2.82. The van der Waals surface area contributed by atoms with Crippen molar-refractivity contribution in [3.05, 3.63) is 46.2 Å². The SMILES string of the molecule is FC(F)(F)c1cccc2c1CCN2c1ncc(Br)cn1. The molecule has 20 heavy (non-hydrogen) atoms. The Bertz CT molecular complexity index is 640. The number of aromatic nitrogens is 2. The largest absolute Gasteiger partial charge is 0.416 e. The normalized spacial score (nSPS) is 14.5. The van der Waals surface area contributed by atoms with E-state index in [1.165, 1.54) is 6.07 Å². The number of anilines is 2. The molecule has 0 bridgehead atoms. The summed E-state index contributed by atoms with van der Waals surface area (Å²) in [7, 11) is 0. The Morgan fingerprint density at radius 2 is 1.85 bits per heavy atom. The highest BCUT2D eigenvalue weighted by Crippen LogP contribution is 2.41. The smallest absolute Gasteiger partial charge is 0.310 e. The zero-order valence-corrected chi connectivity index (χ0v) is 11.7. The Morgan fingerprint density at radius 3 is 2.50 bits per heavy atom. The average molecular weight is 344 g/mol. The van der Waals surface area contributed by atoms with E-state index >= 15 is 0 Å². The van der Waals surface area contributed by atoms with Gasteiger partial charge in [-0.3, -0.25) is 0 Å². The van der Waals surface area contributed by atoms with Crippen molar-refractivity contribution in [1.82, 2.24) is 9.97 Å². The second-order valence-corrected chi connectivity index (χ2v) is 5.32. The van der Waals surface area contributed by atoms with Gasteiger partial charge >= 0.3 is 6.18 Å². The molecule has 3 nitrogen and oxygen atoms in total. The molecule has 0 N–H and O–H groups in total. The summed E-state index contributed by atoms with van der Waals surface area (Å²) in [5.74, 6) is 0.409. The maximum Gasteiger partial charge on any atom is 0.416 e. The third-order valence-corrected chi connectivity index (χ3v) is 3.59. The van der Waals surface area contributed by atoms with Gasteiger partial charge in [-0.25, -0.2) is 9.97 Å². The van der Waals surface area contributed by atoms with E-state index in [0.29, 0.717) is 30.2 Å². The highest BCUT2D eigenvalue weighted by molar-refractivity contribution is 9.10. The van der Waals surface area contributed by atoms with E-state index in [4.69, 9.17) is 0 Å². The summed E-state index contributed by atoms with van der Waals surface area (Å²) in [4.78, 5) is 9.98. The molecule has 0 aliphatic carbocycles. The molecule has 2 aromatic rings. The molecule has 0 amide bonds. The van der Waals surface area contributed by atoms with Gasteiger partial charge in [-0.1, -0.05) is 6.07 Å². The molecule has 3 rings (SSSR count). The Labute approximate surface area is 121 Å².